The van der Waals surface area contributed by atoms with E-state index >= 15 is 0 Å². The highest BCUT2D eigenvalue weighted by atomic mass is 16.1. The van der Waals surface area contributed by atoms with Crippen molar-refractivity contribution in [2.24, 2.45) is 5.92 Å². The van der Waals surface area contributed by atoms with Gasteiger partial charge in [-0.1, -0.05) is 50.2 Å². The molecule has 2 heterocycles. The van der Waals surface area contributed by atoms with Gasteiger partial charge in [0.25, 0.3) is 0 Å². The summed E-state index contributed by atoms with van der Waals surface area (Å²) in [5.41, 5.74) is 3.15. The molecule has 0 saturated carbocycles. The summed E-state index contributed by atoms with van der Waals surface area (Å²) < 4.78 is 1.90. The molecule has 0 unspecified atom stereocenters. The van der Waals surface area contributed by atoms with Crippen molar-refractivity contribution >= 4 is 28.3 Å². The lowest BCUT2D eigenvalue weighted by Gasteiger charge is -2.19. The van der Waals surface area contributed by atoms with Crippen LogP contribution in [0.1, 0.15) is 29.9 Å². The minimum atomic E-state index is -0.183. The number of ketones is 1. The first-order valence-electron chi connectivity index (χ1n) is 9.95. The standard InChI is InChI=1S/C25H23N3O2/c1-16(2)24(30)20-14-17(3)23-21(29)15-22(26-18-10-6-4-7-11-18)28(25(23)27-20)19-12-8-5-9-13-19/h4-16,26H,1-3H3. The Labute approximate surface area is 175 Å². The number of rotatable bonds is 5. The van der Waals surface area contributed by atoms with Gasteiger partial charge in [0.05, 0.1) is 5.39 Å². The van der Waals surface area contributed by atoms with Crippen molar-refractivity contribution in [3.63, 3.8) is 0 Å². The molecule has 4 rings (SSSR count). The molecule has 0 spiro atoms. The van der Waals surface area contributed by atoms with Gasteiger partial charge in [-0.15, -0.1) is 0 Å². The Balaban J connectivity index is 2.06. The Bertz CT molecular complexity index is 1280. The zero-order valence-electron chi connectivity index (χ0n) is 17.2. The van der Waals surface area contributed by atoms with E-state index in [4.69, 9.17) is 0 Å². The summed E-state index contributed by atoms with van der Waals surface area (Å²) in [4.78, 5) is 30.4. The van der Waals surface area contributed by atoms with Gasteiger partial charge in [-0.3, -0.25) is 14.2 Å². The van der Waals surface area contributed by atoms with Crippen molar-refractivity contribution < 1.29 is 4.79 Å². The summed E-state index contributed by atoms with van der Waals surface area (Å²) in [6.45, 7) is 5.55. The normalized spacial score (nSPS) is 11.1. The van der Waals surface area contributed by atoms with Crippen LogP contribution in [0.2, 0.25) is 0 Å². The molecule has 0 saturated heterocycles. The SMILES string of the molecule is Cc1cc(C(=O)C(C)C)nc2c1c(=O)cc(Nc1ccccc1)n2-c1ccccc1. The summed E-state index contributed by atoms with van der Waals surface area (Å²) in [5.74, 6) is 0.358. The maximum absolute atomic E-state index is 13.0. The molecule has 0 radical (unpaired) electrons. The van der Waals surface area contributed by atoms with Crippen molar-refractivity contribution in [2.45, 2.75) is 20.8 Å². The lowest BCUT2D eigenvalue weighted by atomic mass is 10.0. The third-order valence-corrected chi connectivity index (χ3v) is 5.00. The molecule has 0 aliphatic rings. The lowest BCUT2D eigenvalue weighted by Crippen LogP contribution is -2.17. The molecule has 0 atom stereocenters. The molecule has 30 heavy (non-hydrogen) atoms. The molecular formula is C25H23N3O2. The van der Waals surface area contributed by atoms with E-state index in [1.807, 2.05) is 86.0 Å². The van der Waals surface area contributed by atoms with Gasteiger partial charge in [0, 0.05) is 23.4 Å². The highest BCUT2D eigenvalue weighted by Crippen LogP contribution is 2.26. The van der Waals surface area contributed by atoms with Crippen LogP contribution in [-0.4, -0.2) is 15.3 Å². The summed E-state index contributed by atoms with van der Waals surface area (Å²) in [6.07, 6.45) is 0. The average molecular weight is 397 g/mol. The van der Waals surface area contributed by atoms with Crippen LogP contribution in [-0.2, 0) is 0 Å². The highest BCUT2D eigenvalue weighted by molar-refractivity contribution is 5.98. The maximum atomic E-state index is 13.0. The van der Waals surface area contributed by atoms with Crippen molar-refractivity contribution in [2.75, 3.05) is 5.32 Å². The van der Waals surface area contributed by atoms with Gasteiger partial charge in [-0.05, 0) is 42.8 Å². The number of hydrogen-bond donors (Lipinski definition) is 1. The van der Waals surface area contributed by atoms with Gasteiger partial charge < -0.3 is 5.32 Å². The Hall–Kier alpha value is -3.73. The molecule has 2 aromatic heterocycles. The quantitative estimate of drug-likeness (QED) is 0.466. The Morgan fingerprint density at radius 2 is 1.60 bits per heavy atom. The van der Waals surface area contributed by atoms with Gasteiger partial charge in [0.15, 0.2) is 16.9 Å². The number of aryl methyl sites for hydroxylation is 1. The lowest BCUT2D eigenvalue weighted by molar-refractivity contribution is 0.0934. The van der Waals surface area contributed by atoms with Crippen molar-refractivity contribution in [3.05, 3.63) is 94.3 Å². The van der Waals surface area contributed by atoms with Gasteiger partial charge in [0.1, 0.15) is 11.5 Å². The van der Waals surface area contributed by atoms with E-state index in [0.29, 0.717) is 22.5 Å². The minimum absolute atomic E-state index is 0.0477. The average Bonchev–Trinajstić information content (AvgIpc) is 2.74. The molecule has 5 nitrogen and oxygen atoms in total. The van der Waals surface area contributed by atoms with E-state index < -0.39 is 0 Å². The number of benzene rings is 2. The molecule has 0 fully saturated rings. The number of carbonyl (C=O) groups is 1. The number of fused-ring (bicyclic) bond motifs is 1. The van der Waals surface area contributed by atoms with Gasteiger partial charge >= 0.3 is 0 Å². The van der Waals surface area contributed by atoms with E-state index in [2.05, 4.69) is 10.3 Å². The largest absolute Gasteiger partial charge is 0.341 e. The second-order valence-electron chi connectivity index (χ2n) is 7.60. The second kappa shape index (κ2) is 7.95. The summed E-state index contributed by atoms with van der Waals surface area (Å²) in [6, 6.07) is 22.7. The van der Waals surface area contributed by atoms with E-state index in [1.54, 1.807) is 12.1 Å². The predicted molar refractivity (Wildman–Crippen MR) is 121 cm³/mol. The van der Waals surface area contributed by atoms with E-state index in [1.165, 1.54) is 0 Å². The van der Waals surface area contributed by atoms with Crippen LogP contribution in [0.5, 0.6) is 0 Å². The number of anilines is 2. The Morgan fingerprint density at radius 3 is 2.23 bits per heavy atom. The number of nitrogens with zero attached hydrogens (tertiary/aromatic N) is 2. The van der Waals surface area contributed by atoms with Crippen LogP contribution in [0.3, 0.4) is 0 Å². The molecule has 0 aliphatic carbocycles. The van der Waals surface area contributed by atoms with Crippen LogP contribution < -0.4 is 10.7 Å². The number of nitrogens with one attached hydrogen (secondary N) is 1. The molecular weight excluding hydrogens is 374 g/mol. The monoisotopic (exact) mass is 397 g/mol. The minimum Gasteiger partial charge on any atom is -0.341 e. The fourth-order valence-corrected chi connectivity index (χ4v) is 3.52. The Morgan fingerprint density at radius 1 is 0.967 bits per heavy atom. The topological polar surface area (TPSA) is 64.0 Å². The first-order valence-corrected chi connectivity index (χ1v) is 9.95. The first kappa shape index (κ1) is 19.6. The van der Waals surface area contributed by atoms with Crippen molar-refractivity contribution in [3.8, 4) is 5.69 Å². The van der Waals surface area contributed by atoms with Crippen LogP contribution in [0.4, 0.5) is 11.5 Å². The van der Waals surface area contributed by atoms with Crippen molar-refractivity contribution in [1.29, 1.82) is 0 Å². The molecule has 1 N–H and O–H groups in total. The van der Waals surface area contributed by atoms with E-state index in [9.17, 15) is 9.59 Å². The number of aromatic nitrogens is 2. The van der Waals surface area contributed by atoms with Crippen LogP contribution in [0, 0.1) is 12.8 Å². The zero-order chi connectivity index (χ0) is 21.3. The summed E-state index contributed by atoms with van der Waals surface area (Å²) >= 11 is 0. The summed E-state index contributed by atoms with van der Waals surface area (Å²) in [5, 5.41) is 3.84. The fourth-order valence-electron chi connectivity index (χ4n) is 3.52. The van der Waals surface area contributed by atoms with Crippen LogP contribution in [0.25, 0.3) is 16.7 Å². The number of pyridine rings is 2. The molecule has 0 amide bonds. The molecule has 0 aliphatic heterocycles. The highest BCUT2D eigenvalue weighted by Gasteiger charge is 2.19. The van der Waals surface area contributed by atoms with Gasteiger partial charge in [-0.2, -0.15) is 0 Å². The maximum Gasteiger partial charge on any atom is 0.193 e. The molecule has 150 valence electrons. The number of Topliss-reactive ketones (excluding diaryl/α,β-unsaturated/α-hetero) is 1. The summed E-state index contributed by atoms with van der Waals surface area (Å²) in [7, 11) is 0. The van der Waals surface area contributed by atoms with E-state index in [-0.39, 0.29) is 17.1 Å². The van der Waals surface area contributed by atoms with Crippen LogP contribution >= 0.6 is 0 Å². The molecule has 0 bridgehead atoms. The smallest absolute Gasteiger partial charge is 0.193 e. The van der Waals surface area contributed by atoms with Gasteiger partial charge in [0.2, 0.25) is 0 Å². The third-order valence-electron chi connectivity index (χ3n) is 5.00. The number of hydrogen-bond acceptors (Lipinski definition) is 4. The predicted octanol–water partition coefficient (Wildman–Crippen LogP) is 5.28. The third kappa shape index (κ3) is 3.62. The second-order valence-corrected chi connectivity index (χ2v) is 7.60. The number of carbonyl (C=O) groups excluding carboxylic acids is 1. The van der Waals surface area contributed by atoms with Crippen LogP contribution in [0.15, 0.2) is 77.6 Å². The van der Waals surface area contributed by atoms with Gasteiger partial charge in [-0.25, -0.2) is 4.98 Å². The first-order chi connectivity index (χ1) is 14.5. The van der Waals surface area contributed by atoms with E-state index in [0.717, 1.165) is 16.9 Å². The zero-order valence-corrected chi connectivity index (χ0v) is 17.2. The molecule has 5 heteroatoms. The Kier molecular flexibility index (Phi) is 5.19. The van der Waals surface area contributed by atoms with Crippen molar-refractivity contribution in [1.82, 2.24) is 9.55 Å². The number of para-hydroxylation sites is 2. The molecule has 4 aromatic rings. The molecule has 2 aromatic carbocycles. The fraction of sp³-hybridized carbons (Fsp3) is 0.160.